The molecule has 7 nitrogen and oxygen atoms in total. The van der Waals surface area contributed by atoms with Gasteiger partial charge in [-0.25, -0.2) is 8.42 Å². The van der Waals surface area contributed by atoms with Crippen LogP contribution in [0.5, 0.6) is 0 Å². The second kappa shape index (κ2) is 7.12. The minimum Gasteiger partial charge on any atom is -0.356 e. The summed E-state index contributed by atoms with van der Waals surface area (Å²) in [7, 11) is -3.69. The van der Waals surface area contributed by atoms with Gasteiger partial charge in [-0.3, -0.25) is 4.79 Å². The number of fused-ring (bicyclic) bond motifs is 1. The largest absolute Gasteiger partial charge is 0.356 e. The Morgan fingerprint density at radius 2 is 2.25 bits per heavy atom. The molecular formula is C15H20N4O3S2. The van der Waals surface area contributed by atoms with Crippen molar-refractivity contribution in [2.45, 2.75) is 31.1 Å². The minimum atomic E-state index is -3.69. The van der Waals surface area contributed by atoms with Crippen LogP contribution in [0.1, 0.15) is 26.2 Å². The Bertz CT molecular complexity index is 834. The Kier molecular flexibility index (Phi) is 5.12. The molecule has 1 aromatic heterocycles. The highest BCUT2D eigenvalue weighted by atomic mass is 32.2. The summed E-state index contributed by atoms with van der Waals surface area (Å²) < 4.78 is 35.6. The fourth-order valence-corrected chi connectivity index (χ4v) is 5.17. The number of rotatable bonds is 5. The smallest absolute Gasteiger partial charge is 0.245 e. The van der Waals surface area contributed by atoms with Crippen molar-refractivity contribution in [1.82, 2.24) is 18.4 Å². The first-order valence-corrected chi connectivity index (χ1v) is 10.2. The number of nitrogens with zero attached hydrogens (tertiary/aromatic N) is 3. The molecule has 1 unspecified atom stereocenters. The van der Waals surface area contributed by atoms with Crippen LogP contribution in [0, 0.1) is 5.92 Å². The molecule has 0 spiro atoms. The molecule has 0 radical (unpaired) electrons. The number of carbonyl (C=O) groups excluding carboxylic acids is 1. The van der Waals surface area contributed by atoms with Gasteiger partial charge in [0, 0.05) is 19.6 Å². The second-order valence-electron chi connectivity index (χ2n) is 5.88. The number of aromatic nitrogens is 2. The number of amides is 1. The van der Waals surface area contributed by atoms with Crippen molar-refractivity contribution in [3.8, 4) is 0 Å². The summed E-state index contributed by atoms with van der Waals surface area (Å²) in [6.07, 6.45) is 2.25. The molecule has 1 aliphatic heterocycles. The van der Waals surface area contributed by atoms with Crippen molar-refractivity contribution in [3.05, 3.63) is 18.2 Å². The lowest BCUT2D eigenvalue weighted by atomic mass is 9.99. The van der Waals surface area contributed by atoms with Gasteiger partial charge in [-0.2, -0.15) is 13.1 Å². The van der Waals surface area contributed by atoms with Gasteiger partial charge in [0.2, 0.25) is 15.9 Å². The zero-order valence-corrected chi connectivity index (χ0v) is 15.1. The van der Waals surface area contributed by atoms with Crippen LogP contribution in [0.3, 0.4) is 0 Å². The highest BCUT2D eigenvalue weighted by Crippen LogP contribution is 2.28. The first kappa shape index (κ1) is 17.2. The molecule has 1 amide bonds. The Balaban J connectivity index is 1.84. The minimum absolute atomic E-state index is 0.0646. The van der Waals surface area contributed by atoms with Crippen molar-refractivity contribution >= 4 is 38.7 Å². The summed E-state index contributed by atoms with van der Waals surface area (Å²) in [6, 6.07) is 4.97. The average Bonchev–Trinajstić information content (AvgIpc) is 3.08. The Morgan fingerprint density at radius 3 is 3.04 bits per heavy atom. The highest BCUT2D eigenvalue weighted by Gasteiger charge is 2.34. The molecule has 1 aliphatic rings. The fourth-order valence-electron chi connectivity index (χ4n) is 2.90. The van der Waals surface area contributed by atoms with E-state index >= 15 is 0 Å². The zero-order chi connectivity index (χ0) is 17.2. The van der Waals surface area contributed by atoms with E-state index in [0.29, 0.717) is 37.0 Å². The highest BCUT2D eigenvalue weighted by molar-refractivity contribution is 7.89. The zero-order valence-electron chi connectivity index (χ0n) is 13.4. The first-order chi connectivity index (χ1) is 11.5. The van der Waals surface area contributed by atoms with Crippen LogP contribution in [0.2, 0.25) is 0 Å². The third kappa shape index (κ3) is 3.28. The van der Waals surface area contributed by atoms with E-state index in [4.69, 9.17) is 0 Å². The van der Waals surface area contributed by atoms with Gasteiger partial charge >= 0.3 is 0 Å². The standard InChI is InChI=1S/C15H20N4O3S2/c1-2-8-16-15(20)11-5-4-9-19(10-11)24(21,22)13-7-3-6-12-14(13)18-23-17-12/h3,6-7,11H,2,4-5,8-10H2,1H3,(H,16,20). The van der Waals surface area contributed by atoms with Crippen LogP contribution < -0.4 is 5.32 Å². The van der Waals surface area contributed by atoms with Crippen LogP contribution in [0.15, 0.2) is 23.1 Å². The summed E-state index contributed by atoms with van der Waals surface area (Å²) in [5.41, 5.74) is 0.982. The topological polar surface area (TPSA) is 92.3 Å². The van der Waals surface area contributed by atoms with Crippen molar-refractivity contribution in [3.63, 3.8) is 0 Å². The van der Waals surface area contributed by atoms with Crippen LogP contribution in [-0.4, -0.2) is 47.0 Å². The van der Waals surface area contributed by atoms with E-state index in [-0.39, 0.29) is 23.3 Å². The molecule has 24 heavy (non-hydrogen) atoms. The molecule has 1 atom stereocenters. The number of sulfonamides is 1. The van der Waals surface area contributed by atoms with E-state index in [2.05, 4.69) is 14.1 Å². The average molecular weight is 368 g/mol. The molecule has 2 heterocycles. The summed E-state index contributed by atoms with van der Waals surface area (Å²) in [5.74, 6) is -0.363. The van der Waals surface area contributed by atoms with Gasteiger partial charge in [-0.05, 0) is 31.4 Å². The van der Waals surface area contributed by atoms with Crippen LogP contribution in [0.25, 0.3) is 11.0 Å². The lowest BCUT2D eigenvalue weighted by Gasteiger charge is -2.31. The molecule has 0 bridgehead atoms. The number of nitrogens with one attached hydrogen (secondary N) is 1. The van der Waals surface area contributed by atoms with Crippen molar-refractivity contribution in [1.29, 1.82) is 0 Å². The summed E-state index contributed by atoms with van der Waals surface area (Å²) in [6.45, 7) is 3.24. The molecular weight excluding hydrogens is 348 g/mol. The van der Waals surface area contributed by atoms with Crippen LogP contribution in [0.4, 0.5) is 0 Å². The molecule has 1 aromatic carbocycles. The van der Waals surface area contributed by atoms with Gasteiger partial charge in [0.15, 0.2) is 0 Å². The molecule has 1 N–H and O–H groups in total. The van der Waals surface area contributed by atoms with Gasteiger partial charge < -0.3 is 5.32 Å². The quantitative estimate of drug-likeness (QED) is 0.866. The molecule has 1 fully saturated rings. The monoisotopic (exact) mass is 368 g/mol. The summed E-state index contributed by atoms with van der Waals surface area (Å²) in [4.78, 5) is 12.4. The predicted molar refractivity (Wildman–Crippen MR) is 92.2 cm³/mol. The summed E-state index contributed by atoms with van der Waals surface area (Å²) >= 11 is 0.997. The normalized spacial score (nSPS) is 19.5. The third-order valence-corrected chi connectivity index (χ3v) is 6.61. The first-order valence-electron chi connectivity index (χ1n) is 8.03. The van der Waals surface area contributed by atoms with E-state index in [1.165, 1.54) is 4.31 Å². The molecule has 9 heteroatoms. The van der Waals surface area contributed by atoms with E-state index in [1.54, 1.807) is 18.2 Å². The van der Waals surface area contributed by atoms with E-state index in [1.807, 2.05) is 6.92 Å². The number of benzene rings is 1. The molecule has 3 rings (SSSR count). The van der Waals surface area contributed by atoms with E-state index < -0.39 is 10.0 Å². The lowest BCUT2D eigenvalue weighted by Crippen LogP contribution is -2.45. The predicted octanol–water partition coefficient (Wildman–Crippen LogP) is 1.62. The maximum Gasteiger partial charge on any atom is 0.245 e. The Hall–Kier alpha value is -1.58. The van der Waals surface area contributed by atoms with Crippen LogP contribution in [-0.2, 0) is 14.8 Å². The maximum atomic E-state index is 13.0. The van der Waals surface area contributed by atoms with Gasteiger partial charge in [0.1, 0.15) is 15.9 Å². The molecule has 0 aliphatic carbocycles. The van der Waals surface area contributed by atoms with Gasteiger partial charge in [0.05, 0.1) is 17.6 Å². The number of hydrogen-bond donors (Lipinski definition) is 1. The lowest BCUT2D eigenvalue weighted by molar-refractivity contribution is -0.126. The Morgan fingerprint density at radius 1 is 1.42 bits per heavy atom. The summed E-state index contributed by atoms with van der Waals surface area (Å²) in [5, 5.41) is 2.86. The number of piperidine rings is 1. The maximum absolute atomic E-state index is 13.0. The van der Waals surface area contributed by atoms with Crippen molar-refractivity contribution in [2.75, 3.05) is 19.6 Å². The van der Waals surface area contributed by atoms with Gasteiger partial charge in [0.25, 0.3) is 0 Å². The Labute approximate surface area is 145 Å². The van der Waals surface area contributed by atoms with Crippen LogP contribution >= 0.6 is 11.7 Å². The third-order valence-electron chi connectivity index (χ3n) is 4.17. The van der Waals surface area contributed by atoms with E-state index in [9.17, 15) is 13.2 Å². The fraction of sp³-hybridized carbons (Fsp3) is 0.533. The number of carbonyl (C=O) groups is 1. The molecule has 1 saturated heterocycles. The molecule has 2 aromatic rings. The van der Waals surface area contributed by atoms with Gasteiger partial charge in [-0.15, -0.1) is 0 Å². The SMILES string of the molecule is CCCNC(=O)C1CCCN(S(=O)(=O)c2cccc3nsnc23)C1. The van der Waals surface area contributed by atoms with E-state index in [0.717, 1.165) is 18.1 Å². The van der Waals surface area contributed by atoms with Gasteiger partial charge in [-0.1, -0.05) is 13.0 Å². The van der Waals surface area contributed by atoms with Crippen molar-refractivity contribution < 1.29 is 13.2 Å². The number of hydrogen-bond acceptors (Lipinski definition) is 6. The molecule has 130 valence electrons. The second-order valence-corrected chi connectivity index (χ2v) is 8.32. The molecule has 0 saturated carbocycles. The van der Waals surface area contributed by atoms with Crippen molar-refractivity contribution in [2.24, 2.45) is 5.92 Å².